The summed E-state index contributed by atoms with van der Waals surface area (Å²) in [6, 6.07) is 3.71. The zero-order valence-electron chi connectivity index (χ0n) is 12.0. The summed E-state index contributed by atoms with van der Waals surface area (Å²) in [4.78, 5) is 2.01. The van der Waals surface area contributed by atoms with Crippen LogP contribution >= 0.6 is 12.4 Å². The lowest BCUT2D eigenvalue weighted by Crippen LogP contribution is -2.30. The third kappa shape index (κ3) is 4.07. The highest BCUT2D eigenvalue weighted by atomic mass is 35.5. The molecule has 0 radical (unpaired) electrons. The summed E-state index contributed by atoms with van der Waals surface area (Å²) in [6.07, 6.45) is 0.0106. The summed E-state index contributed by atoms with van der Waals surface area (Å²) < 4.78 is 5.92. The fraction of sp³-hybridized carbons (Fsp3) is 0.571. The Morgan fingerprint density at radius 2 is 1.72 bits per heavy atom. The standard InChI is InChI=1S/C14H23NO2.ClH/c1-9(2)12-8-13(16)10(3)7-14(12)17-11(4)15(5)6;/h7-9,11,16H,1-6H3;1H. The van der Waals surface area contributed by atoms with Crippen LogP contribution in [0.15, 0.2) is 12.1 Å². The topological polar surface area (TPSA) is 32.7 Å². The summed E-state index contributed by atoms with van der Waals surface area (Å²) >= 11 is 0. The number of nitrogens with zero attached hydrogens (tertiary/aromatic N) is 1. The highest BCUT2D eigenvalue weighted by Crippen LogP contribution is 2.33. The lowest BCUT2D eigenvalue weighted by Gasteiger charge is -2.24. The summed E-state index contributed by atoms with van der Waals surface area (Å²) in [7, 11) is 3.96. The number of aryl methyl sites for hydroxylation is 1. The zero-order chi connectivity index (χ0) is 13.2. The van der Waals surface area contributed by atoms with Gasteiger partial charge in [-0.3, -0.25) is 4.90 Å². The van der Waals surface area contributed by atoms with Crippen LogP contribution in [-0.4, -0.2) is 30.3 Å². The molecule has 104 valence electrons. The van der Waals surface area contributed by atoms with Gasteiger partial charge in [0.25, 0.3) is 0 Å². The van der Waals surface area contributed by atoms with Gasteiger partial charge in [-0.1, -0.05) is 13.8 Å². The van der Waals surface area contributed by atoms with Crippen LogP contribution in [0.3, 0.4) is 0 Å². The van der Waals surface area contributed by atoms with Crippen LogP contribution in [0.5, 0.6) is 11.5 Å². The second kappa shape index (κ2) is 6.86. The molecule has 0 spiro atoms. The van der Waals surface area contributed by atoms with Gasteiger partial charge in [0.15, 0.2) is 0 Å². The van der Waals surface area contributed by atoms with E-state index in [0.717, 1.165) is 16.9 Å². The van der Waals surface area contributed by atoms with Gasteiger partial charge in [0.1, 0.15) is 17.7 Å². The first kappa shape index (κ1) is 17.1. The van der Waals surface area contributed by atoms with Crippen LogP contribution in [0.25, 0.3) is 0 Å². The maximum Gasteiger partial charge on any atom is 0.149 e. The molecule has 0 bridgehead atoms. The first-order valence-electron chi connectivity index (χ1n) is 5.99. The summed E-state index contributed by atoms with van der Waals surface area (Å²) in [5.41, 5.74) is 1.89. The Morgan fingerprint density at radius 3 is 2.17 bits per heavy atom. The average molecular weight is 274 g/mol. The van der Waals surface area contributed by atoms with E-state index in [9.17, 15) is 5.11 Å². The van der Waals surface area contributed by atoms with Crippen molar-refractivity contribution >= 4 is 12.4 Å². The predicted molar refractivity (Wildman–Crippen MR) is 78.0 cm³/mol. The number of aromatic hydroxyl groups is 1. The Bertz CT molecular complexity index is 392. The van der Waals surface area contributed by atoms with Gasteiger partial charge in [-0.25, -0.2) is 0 Å². The van der Waals surface area contributed by atoms with Crippen molar-refractivity contribution in [3.63, 3.8) is 0 Å². The summed E-state index contributed by atoms with van der Waals surface area (Å²) in [5, 5.41) is 9.75. The van der Waals surface area contributed by atoms with E-state index in [1.807, 2.05) is 38.9 Å². The summed E-state index contributed by atoms with van der Waals surface area (Å²) in [6.45, 7) is 8.08. The molecule has 1 rings (SSSR count). The molecule has 0 aromatic heterocycles. The number of phenols is 1. The van der Waals surface area contributed by atoms with Crippen LogP contribution in [0.2, 0.25) is 0 Å². The smallest absolute Gasteiger partial charge is 0.149 e. The Labute approximate surface area is 116 Å². The molecule has 0 aliphatic carbocycles. The molecule has 0 saturated carbocycles. The Morgan fingerprint density at radius 1 is 1.17 bits per heavy atom. The molecule has 1 unspecified atom stereocenters. The molecule has 3 nitrogen and oxygen atoms in total. The number of ether oxygens (including phenoxy) is 1. The first-order chi connectivity index (χ1) is 7.82. The number of hydrogen-bond donors (Lipinski definition) is 1. The largest absolute Gasteiger partial charge is 0.508 e. The van der Waals surface area contributed by atoms with Gasteiger partial charge >= 0.3 is 0 Å². The molecule has 0 amide bonds. The van der Waals surface area contributed by atoms with Gasteiger partial charge in [0.05, 0.1) is 0 Å². The van der Waals surface area contributed by atoms with E-state index in [2.05, 4.69) is 13.8 Å². The predicted octanol–water partition coefficient (Wildman–Crippen LogP) is 3.53. The SMILES string of the molecule is Cc1cc(OC(C)N(C)C)c(C(C)C)cc1O.Cl. The van der Waals surface area contributed by atoms with E-state index in [1.54, 1.807) is 6.07 Å². The van der Waals surface area contributed by atoms with E-state index in [1.165, 1.54) is 0 Å². The zero-order valence-corrected chi connectivity index (χ0v) is 12.8. The van der Waals surface area contributed by atoms with E-state index in [-0.39, 0.29) is 18.6 Å². The van der Waals surface area contributed by atoms with E-state index >= 15 is 0 Å². The normalized spacial score (nSPS) is 12.4. The quantitative estimate of drug-likeness (QED) is 0.852. The van der Waals surface area contributed by atoms with Crippen LogP contribution in [0.1, 0.15) is 37.8 Å². The van der Waals surface area contributed by atoms with Gasteiger partial charge in [-0.15, -0.1) is 12.4 Å². The van der Waals surface area contributed by atoms with Crippen molar-refractivity contribution in [3.05, 3.63) is 23.3 Å². The van der Waals surface area contributed by atoms with Crippen molar-refractivity contribution in [2.75, 3.05) is 14.1 Å². The molecule has 1 N–H and O–H groups in total. The van der Waals surface area contributed by atoms with Crippen LogP contribution in [-0.2, 0) is 0 Å². The molecule has 0 aliphatic heterocycles. The third-order valence-corrected chi connectivity index (χ3v) is 2.98. The molecule has 1 atom stereocenters. The van der Waals surface area contributed by atoms with Gasteiger partial charge in [0.2, 0.25) is 0 Å². The Kier molecular flexibility index (Phi) is 6.50. The highest BCUT2D eigenvalue weighted by Gasteiger charge is 2.14. The lowest BCUT2D eigenvalue weighted by molar-refractivity contribution is 0.0801. The van der Waals surface area contributed by atoms with Crippen molar-refractivity contribution in [1.82, 2.24) is 4.90 Å². The van der Waals surface area contributed by atoms with Crippen molar-refractivity contribution < 1.29 is 9.84 Å². The van der Waals surface area contributed by atoms with Crippen molar-refractivity contribution in [2.24, 2.45) is 0 Å². The fourth-order valence-corrected chi connectivity index (χ4v) is 1.53. The molecule has 0 saturated heterocycles. The van der Waals surface area contributed by atoms with E-state index in [4.69, 9.17) is 4.74 Å². The molecular formula is C14H24ClNO2. The second-order valence-corrected chi connectivity index (χ2v) is 5.01. The van der Waals surface area contributed by atoms with Crippen molar-refractivity contribution in [3.8, 4) is 11.5 Å². The van der Waals surface area contributed by atoms with Crippen LogP contribution in [0, 0.1) is 6.92 Å². The fourth-order valence-electron chi connectivity index (χ4n) is 1.53. The average Bonchev–Trinajstić information content (AvgIpc) is 2.22. The molecule has 4 heteroatoms. The third-order valence-electron chi connectivity index (χ3n) is 2.98. The molecule has 0 heterocycles. The molecular weight excluding hydrogens is 250 g/mol. The first-order valence-corrected chi connectivity index (χ1v) is 5.99. The van der Waals surface area contributed by atoms with Crippen molar-refractivity contribution in [2.45, 2.75) is 39.8 Å². The highest BCUT2D eigenvalue weighted by molar-refractivity contribution is 5.85. The molecule has 0 aliphatic rings. The van der Waals surface area contributed by atoms with Crippen LogP contribution < -0.4 is 4.74 Å². The number of phenolic OH excluding ortho intramolecular Hbond substituents is 1. The number of benzene rings is 1. The number of rotatable bonds is 4. The summed E-state index contributed by atoms with van der Waals surface area (Å²) in [5.74, 6) is 1.51. The van der Waals surface area contributed by atoms with Gasteiger partial charge in [-0.2, -0.15) is 0 Å². The monoisotopic (exact) mass is 273 g/mol. The van der Waals surface area contributed by atoms with Crippen molar-refractivity contribution in [1.29, 1.82) is 0 Å². The van der Waals surface area contributed by atoms with Gasteiger partial charge < -0.3 is 9.84 Å². The maximum atomic E-state index is 9.75. The molecule has 18 heavy (non-hydrogen) atoms. The lowest BCUT2D eigenvalue weighted by atomic mass is 10.00. The molecule has 0 fully saturated rings. The van der Waals surface area contributed by atoms with Crippen LogP contribution in [0.4, 0.5) is 0 Å². The number of halogens is 1. The Balaban J connectivity index is 0.00000289. The second-order valence-electron chi connectivity index (χ2n) is 5.01. The Hall–Kier alpha value is -0.930. The number of hydrogen-bond acceptors (Lipinski definition) is 3. The van der Waals surface area contributed by atoms with Gasteiger partial charge in [0, 0.05) is 5.56 Å². The minimum atomic E-state index is 0. The van der Waals surface area contributed by atoms with E-state index < -0.39 is 0 Å². The minimum absolute atomic E-state index is 0. The van der Waals surface area contributed by atoms with Gasteiger partial charge in [-0.05, 0) is 51.6 Å². The van der Waals surface area contributed by atoms with E-state index in [0.29, 0.717) is 11.7 Å². The molecule has 1 aromatic carbocycles. The maximum absolute atomic E-state index is 9.75. The molecule has 1 aromatic rings. The minimum Gasteiger partial charge on any atom is -0.508 e.